The van der Waals surface area contributed by atoms with Crippen LogP contribution in [0.4, 0.5) is 4.39 Å². The number of hydrogen-bond acceptors (Lipinski definition) is 4. The summed E-state index contributed by atoms with van der Waals surface area (Å²) in [6, 6.07) is 13.4. The lowest BCUT2D eigenvalue weighted by molar-refractivity contribution is 0.0669. The Balaban J connectivity index is 1.65. The van der Waals surface area contributed by atoms with E-state index in [4.69, 9.17) is 0 Å². The highest BCUT2D eigenvalue weighted by molar-refractivity contribution is 5.96. The number of phenolic OH excluding ortho intramolecular Hbond substituents is 1. The van der Waals surface area contributed by atoms with Crippen LogP contribution in [0.1, 0.15) is 33.6 Å². The number of aromatic hydroxyl groups is 1. The van der Waals surface area contributed by atoms with Crippen molar-refractivity contribution >= 4 is 5.91 Å². The third kappa shape index (κ3) is 3.28. The Hall–Kier alpha value is -3.22. The first kappa shape index (κ1) is 17.2. The first-order chi connectivity index (χ1) is 13.0. The molecule has 1 amide bonds. The number of halogens is 1. The van der Waals surface area contributed by atoms with Gasteiger partial charge in [0.25, 0.3) is 5.91 Å². The molecule has 0 saturated carbocycles. The molecule has 0 fully saturated rings. The van der Waals surface area contributed by atoms with Crippen molar-refractivity contribution < 1.29 is 14.3 Å². The van der Waals surface area contributed by atoms with Gasteiger partial charge in [0, 0.05) is 12.6 Å². The van der Waals surface area contributed by atoms with Gasteiger partial charge in [0.1, 0.15) is 17.4 Å². The van der Waals surface area contributed by atoms with Crippen molar-refractivity contribution in [1.29, 1.82) is 0 Å². The highest BCUT2D eigenvalue weighted by atomic mass is 19.1. The fourth-order valence-corrected chi connectivity index (χ4v) is 3.62. The quantitative estimate of drug-likeness (QED) is 0.774. The first-order valence-corrected chi connectivity index (χ1v) is 8.75. The molecule has 1 aliphatic rings. The summed E-state index contributed by atoms with van der Waals surface area (Å²) in [7, 11) is 0. The van der Waals surface area contributed by atoms with Crippen LogP contribution in [0.15, 0.2) is 48.5 Å². The lowest BCUT2D eigenvalue weighted by atomic mass is 10.0. The zero-order valence-corrected chi connectivity index (χ0v) is 14.8. The van der Waals surface area contributed by atoms with E-state index in [0.717, 1.165) is 23.9 Å². The van der Waals surface area contributed by atoms with Crippen molar-refractivity contribution in [2.45, 2.75) is 25.9 Å². The normalized spacial score (nSPS) is 16.2. The molecule has 4 rings (SSSR count). The predicted octanol–water partition coefficient (Wildman–Crippen LogP) is 2.87. The van der Waals surface area contributed by atoms with Gasteiger partial charge >= 0.3 is 0 Å². The van der Waals surface area contributed by atoms with Crippen LogP contribution >= 0.6 is 0 Å². The second-order valence-corrected chi connectivity index (χ2v) is 6.72. The molecule has 0 unspecified atom stereocenters. The molecule has 1 atom stereocenters. The predicted molar refractivity (Wildman–Crippen MR) is 96.7 cm³/mol. The van der Waals surface area contributed by atoms with Crippen molar-refractivity contribution in [3.05, 3.63) is 77.1 Å². The Kier molecular flexibility index (Phi) is 4.35. The topological polar surface area (TPSA) is 71.2 Å². The van der Waals surface area contributed by atoms with Gasteiger partial charge in [-0.1, -0.05) is 30.3 Å². The molecule has 0 bridgehead atoms. The van der Waals surface area contributed by atoms with Crippen molar-refractivity contribution in [3.8, 4) is 5.75 Å². The fourth-order valence-electron chi connectivity index (χ4n) is 3.62. The monoisotopic (exact) mass is 366 g/mol. The number of fused-ring (bicyclic) bond motifs is 1. The number of aryl methyl sites for hydroxylation is 1. The highest BCUT2D eigenvalue weighted by Crippen LogP contribution is 2.28. The van der Waals surface area contributed by atoms with Gasteiger partial charge in [-0.2, -0.15) is 0 Å². The number of hydrogen-bond donors (Lipinski definition) is 1. The molecule has 138 valence electrons. The van der Waals surface area contributed by atoms with E-state index in [2.05, 4.69) is 14.8 Å². The smallest absolute Gasteiger partial charge is 0.258 e. The fraction of sp³-hybridized carbons (Fsp3) is 0.250. The molecule has 7 heteroatoms. The SMILES string of the molecule is Cc1nnc2n1[C@H](Cc1ccccc1)CN(C(=O)c1ccc(F)cc1O)C2. The zero-order chi connectivity index (χ0) is 19.0. The summed E-state index contributed by atoms with van der Waals surface area (Å²) in [4.78, 5) is 14.6. The lowest BCUT2D eigenvalue weighted by Gasteiger charge is -2.34. The van der Waals surface area contributed by atoms with Gasteiger partial charge in [-0.25, -0.2) is 4.39 Å². The van der Waals surface area contributed by atoms with Crippen LogP contribution in [-0.4, -0.2) is 37.2 Å². The number of aromatic nitrogens is 3. The number of benzene rings is 2. The highest BCUT2D eigenvalue weighted by Gasteiger charge is 2.32. The third-order valence-corrected chi connectivity index (χ3v) is 4.86. The number of nitrogens with zero attached hydrogens (tertiary/aromatic N) is 4. The van der Waals surface area contributed by atoms with E-state index in [-0.39, 0.29) is 23.3 Å². The summed E-state index contributed by atoms with van der Waals surface area (Å²) >= 11 is 0. The molecule has 27 heavy (non-hydrogen) atoms. The second kappa shape index (κ2) is 6.83. The minimum atomic E-state index is -0.583. The number of carbonyl (C=O) groups is 1. The molecule has 2 heterocycles. The Morgan fingerprint density at radius 2 is 2.00 bits per heavy atom. The number of amides is 1. The van der Waals surface area contributed by atoms with E-state index in [0.29, 0.717) is 18.9 Å². The molecule has 1 aromatic heterocycles. The Morgan fingerprint density at radius 1 is 1.22 bits per heavy atom. The van der Waals surface area contributed by atoms with Crippen LogP contribution in [-0.2, 0) is 13.0 Å². The van der Waals surface area contributed by atoms with Crippen molar-refractivity contribution in [2.75, 3.05) is 6.54 Å². The van der Waals surface area contributed by atoms with Crippen LogP contribution in [0.2, 0.25) is 0 Å². The van der Waals surface area contributed by atoms with Crippen LogP contribution < -0.4 is 0 Å². The van der Waals surface area contributed by atoms with E-state index in [9.17, 15) is 14.3 Å². The lowest BCUT2D eigenvalue weighted by Crippen LogP contribution is -2.42. The first-order valence-electron chi connectivity index (χ1n) is 8.75. The van der Waals surface area contributed by atoms with Crippen molar-refractivity contribution in [3.63, 3.8) is 0 Å². The number of carbonyl (C=O) groups excluding carboxylic acids is 1. The van der Waals surface area contributed by atoms with Gasteiger partial charge in [0.05, 0.1) is 18.2 Å². The van der Waals surface area contributed by atoms with Crippen LogP contribution in [0.3, 0.4) is 0 Å². The van der Waals surface area contributed by atoms with E-state index >= 15 is 0 Å². The average Bonchev–Trinajstić information content (AvgIpc) is 3.03. The maximum atomic E-state index is 13.3. The molecule has 0 aliphatic carbocycles. The Labute approximate surface area is 155 Å². The van der Waals surface area contributed by atoms with E-state index in [1.165, 1.54) is 12.1 Å². The molecular weight excluding hydrogens is 347 g/mol. The standard InChI is InChI=1S/C20H19FN4O2/c1-13-22-23-19-12-24(20(27)17-8-7-15(21)10-18(17)26)11-16(25(13)19)9-14-5-3-2-4-6-14/h2-8,10,16,26H,9,11-12H2,1H3/t16-/m1/s1. The molecule has 3 aromatic rings. The number of phenols is 1. The average molecular weight is 366 g/mol. The Bertz CT molecular complexity index is 987. The summed E-state index contributed by atoms with van der Waals surface area (Å²) < 4.78 is 15.3. The summed E-state index contributed by atoms with van der Waals surface area (Å²) in [5.74, 6) is 0.220. The molecular formula is C20H19FN4O2. The van der Waals surface area contributed by atoms with Crippen LogP contribution in [0.25, 0.3) is 0 Å². The summed E-state index contributed by atoms with van der Waals surface area (Å²) in [5.41, 5.74) is 1.24. The van der Waals surface area contributed by atoms with Crippen molar-refractivity contribution in [1.82, 2.24) is 19.7 Å². The minimum absolute atomic E-state index is 0.0160. The van der Waals surface area contributed by atoms with Crippen LogP contribution in [0, 0.1) is 12.7 Å². The Morgan fingerprint density at radius 3 is 2.74 bits per heavy atom. The molecule has 0 saturated heterocycles. The van der Waals surface area contributed by atoms with E-state index in [1.807, 2.05) is 37.3 Å². The largest absolute Gasteiger partial charge is 0.507 e. The molecule has 1 aliphatic heterocycles. The van der Waals surface area contributed by atoms with Gasteiger partial charge in [-0.15, -0.1) is 10.2 Å². The van der Waals surface area contributed by atoms with E-state index < -0.39 is 5.82 Å². The zero-order valence-electron chi connectivity index (χ0n) is 14.8. The maximum absolute atomic E-state index is 13.3. The second-order valence-electron chi connectivity index (χ2n) is 6.72. The number of rotatable bonds is 3. The van der Waals surface area contributed by atoms with E-state index in [1.54, 1.807) is 4.90 Å². The maximum Gasteiger partial charge on any atom is 0.258 e. The van der Waals surface area contributed by atoms with Crippen molar-refractivity contribution in [2.24, 2.45) is 0 Å². The van der Waals surface area contributed by atoms with Gasteiger partial charge < -0.3 is 14.6 Å². The minimum Gasteiger partial charge on any atom is -0.507 e. The summed E-state index contributed by atoms with van der Waals surface area (Å²) in [6.07, 6.45) is 0.728. The van der Waals surface area contributed by atoms with Gasteiger partial charge in [-0.3, -0.25) is 4.79 Å². The van der Waals surface area contributed by atoms with Gasteiger partial charge in [0.2, 0.25) is 0 Å². The third-order valence-electron chi connectivity index (χ3n) is 4.86. The molecule has 2 aromatic carbocycles. The summed E-state index contributed by atoms with van der Waals surface area (Å²) in [6.45, 7) is 2.65. The van der Waals surface area contributed by atoms with Crippen LogP contribution in [0.5, 0.6) is 5.75 Å². The van der Waals surface area contributed by atoms with Gasteiger partial charge in [-0.05, 0) is 31.0 Å². The summed E-state index contributed by atoms with van der Waals surface area (Å²) in [5, 5.41) is 18.3. The molecule has 6 nitrogen and oxygen atoms in total. The molecule has 1 N–H and O–H groups in total. The molecule has 0 spiro atoms. The van der Waals surface area contributed by atoms with Gasteiger partial charge in [0.15, 0.2) is 5.82 Å². The molecule has 0 radical (unpaired) electrons.